The minimum absolute atomic E-state index is 0.199. The number of fused-ring (bicyclic) bond motifs is 1. The van der Waals surface area contributed by atoms with Gasteiger partial charge >= 0.3 is 11.9 Å². The average Bonchev–Trinajstić information content (AvgIpc) is 2.69. The summed E-state index contributed by atoms with van der Waals surface area (Å²) in [6.45, 7) is 0. The van der Waals surface area contributed by atoms with Crippen molar-refractivity contribution in [2.75, 3.05) is 0 Å². The molecule has 0 unspecified atom stereocenters. The molecule has 3 aliphatic carbocycles. The fourth-order valence-electron chi connectivity index (χ4n) is 5.31. The second-order valence-corrected chi connectivity index (χ2v) is 6.72. The number of esters is 2. The summed E-state index contributed by atoms with van der Waals surface area (Å²) in [6.07, 6.45) is 11.4. The predicted molar refractivity (Wildman–Crippen MR) is 69.1 cm³/mol. The highest BCUT2D eigenvalue weighted by molar-refractivity contribution is 6.03. The third-order valence-corrected chi connectivity index (χ3v) is 6.18. The van der Waals surface area contributed by atoms with Crippen LogP contribution in [0.25, 0.3) is 0 Å². The van der Waals surface area contributed by atoms with Crippen LogP contribution in [0.2, 0.25) is 0 Å². The van der Waals surface area contributed by atoms with E-state index in [2.05, 4.69) is 6.08 Å². The Labute approximate surface area is 113 Å². The van der Waals surface area contributed by atoms with Crippen molar-refractivity contribution in [2.24, 2.45) is 16.7 Å². The molecule has 0 spiro atoms. The first kappa shape index (κ1) is 11.7. The van der Waals surface area contributed by atoms with Crippen molar-refractivity contribution >= 4 is 11.9 Å². The summed E-state index contributed by atoms with van der Waals surface area (Å²) in [5.74, 6) is -0.137. The Morgan fingerprint density at radius 1 is 1.05 bits per heavy atom. The summed E-state index contributed by atoms with van der Waals surface area (Å²) in [6, 6.07) is 0. The molecule has 3 heteroatoms. The summed E-state index contributed by atoms with van der Waals surface area (Å²) >= 11 is 0. The zero-order valence-electron chi connectivity index (χ0n) is 11.2. The van der Waals surface area contributed by atoms with Crippen LogP contribution in [0.4, 0.5) is 0 Å². The van der Waals surface area contributed by atoms with Crippen molar-refractivity contribution in [3.8, 4) is 0 Å². The lowest BCUT2D eigenvalue weighted by Gasteiger charge is -2.52. The van der Waals surface area contributed by atoms with E-state index in [4.69, 9.17) is 4.74 Å². The molecule has 3 fully saturated rings. The minimum Gasteiger partial charge on any atom is -0.392 e. The van der Waals surface area contributed by atoms with Gasteiger partial charge in [-0.2, -0.15) is 0 Å². The fourth-order valence-corrected chi connectivity index (χ4v) is 5.31. The number of hydrogen-bond acceptors (Lipinski definition) is 3. The highest BCUT2D eigenvalue weighted by Crippen LogP contribution is 2.67. The standard InChI is InChI=1S/C16H20O3/c17-13-15-8-3-4-9-16(15,14(18)19-13)12-6-2-1-5-11(12)7-10-15/h7,12H,1-6,8-10H2/t12-,15+,16+/m1/s1. The number of ether oxygens (including phenoxy) is 1. The van der Waals surface area contributed by atoms with Crippen LogP contribution in [0.5, 0.6) is 0 Å². The van der Waals surface area contributed by atoms with Gasteiger partial charge < -0.3 is 4.74 Å². The number of hydrogen-bond donors (Lipinski definition) is 0. The maximum absolute atomic E-state index is 12.6. The van der Waals surface area contributed by atoms with Crippen LogP contribution in [-0.2, 0) is 14.3 Å². The van der Waals surface area contributed by atoms with E-state index in [0.29, 0.717) is 0 Å². The normalized spacial score (nSPS) is 44.8. The van der Waals surface area contributed by atoms with Gasteiger partial charge in [0.05, 0.1) is 10.8 Å². The number of carbonyl (C=O) groups excluding carboxylic acids is 2. The fraction of sp³-hybridized carbons (Fsp3) is 0.750. The van der Waals surface area contributed by atoms with Gasteiger partial charge in [-0.15, -0.1) is 0 Å². The number of rotatable bonds is 0. The first-order valence-corrected chi connectivity index (χ1v) is 7.66. The zero-order valence-corrected chi connectivity index (χ0v) is 11.2. The van der Waals surface area contributed by atoms with Crippen molar-refractivity contribution in [1.82, 2.24) is 0 Å². The van der Waals surface area contributed by atoms with Crippen LogP contribution in [-0.4, -0.2) is 11.9 Å². The molecular formula is C16H20O3. The van der Waals surface area contributed by atoms with Gasteiger partial charge in [0.25, 0.3) is 0 Å². The van der Waals surface area contributed by atoms with Gasteiger partial charge in [-0.3, -0.25) is 9.59 Å². The zero-order chi connectivity index (χ0) is 13.1. The van der Waals surface area contributed by atoms with Crippen LogP contribution >= 0.6 is 0 Å². The molecule has 2 saturated carbocycles. The smallest absolute Gasteiger partial charge is 0.321 e. The summed E-state index contributed by atoms with van der Waals surface area (Å²) in [7, 11) is 0. The molecule has 3 atom stereocenters. The van der Waals surface area contributed by atoms with Gasteiger partial charge in [0.15, 0.2) is 0 Å². The van der Waals surface area contributed by atoms with Crippen molar-refractivity contribution in [1.29, 1.82) is 0 Å². The van der Waals surface area contributed by atoms with E-state index in [1.165, 1.54) is 18.4 Å². The maximum atomic E-state index is 12.6. The van der Waals surface area contributed by atoms with Crippen LogP contribution in [0.3, 0.4) is 0 Å². The average molecular weight is 260 g/mol. The number of cyclic esters (lactones) is 2. The molecule has 0 aromatic rings. The molecule has 0 aromatic heterocycles. The lowest BCUT2D eigenvalue weighted by molar-refractivity contribution is -0.156. The van der Waals surface area contributed by atoms with Crippen LogP contribution in [0.1, 0.15) is 57.8 Å². The Hall–Kier alpha value is -1.12. The Balaban J connectivity index is 1.91. The molecule has 0 amide bonds. The number of carbonyl (C=O) groups is 2. The SMILES string of the molecule is O=C1OC(=O)[C@@]23CCCC[C@]12CC=C1CCCC[C@H]13. The second kappa shape index (κ2) is 3.71. The molecular weight excluding hydrogens is 240 g/mol. The van der Waals surface area contributed by atoms with E-state index in [0.717, 1.165) is 44.9 Å². The summed E-state index contributed by atoms with van der Waals surface area (Å²) < 4.78 is 5.17. The lowest BCUT2D eigenvalue weighted by atomic mass is 9.46. The van der Waals surface area contributed by atoms with Gasteiger partial charge in [-0.05, 0) is 44.4 Å². The topological polar surface area (TPSA) is 43.4 Å². The predicted octanol–water partition coefficient (Wildman–Crippen LogP) is 3.14. The summed E-state index contributed by atoms with van der Waals surface area (Å²) in [4.78, 5) is 24.9. The molecule has 0 bridgehead atoms. The molecule has 1 saturated heterocycles. The molecule has 0 N–H and O–H groups in total. The van der Waals surface area contributed by atoms with Gasteiger partial charge in [-0.25, -0.2) is 0 Å². The van der Waals surface area contributed by atoms with E-state index >= 15 is 0 Å². The molecule has 4 aliphatic rings. The molecule has 0 radical (unpaired) electrons. The van der Waals surface area contributed by atoms with E-state index < -0.39 is 10.8 Å². The van der Waals surface area contributed by atoms with Crippen molar-refractivity contribution < 1.29 is 14.3 Å². The first-order valence-electron chi connectivity index (χ1n) is 7.66. The highest BCUT2D eigenvalue weighted by atomic mass is 16.6. The van der Waals surface area contributed by atoms with Gasteiger partial charge in [-0.1, -0.05) is 30.9 Å². The Morgan fingerprint density at radius 3 is 2.79 bits per heavy atom. The first-order chi connectivity index (χ1) is 9.21. The van der Waals surface area contributed by atoms with Gasteiger partial charge in [0.1, 0.15) is 0 Å². The van der Waals surface area contributed by atoms with E-state index in [1.54, 1.807) is 0 Å². The van der Waals surface area contributed by atoms with Crippen LogP contribution < -0.4 is 0 Å². The number of allylic oxidation sites excluding steroid dienone is 2. The van der Waals surface area contributed by atoms with E-state index in [-0.39, 0.29) is 17.9 Å². The monoisotopic (exact) mass is 260 g/mol. The largest absolute Gasteiger partial charge is 0.392 e. The lowest BCUT2D eigenvalue weighted by Crippen LogP contribution is -2.54. The van der Waals surface area contributed by atoms with Crippen LogP contribution in [0.15, 0.2) is 11.6 Å². The minimum atomic E-state index is -0.506. The molecule has 19 heavy (non-hydrogen) atoms. The highest BCUT2D eigenvalue weighted by Gasteiger charge is 2.72. The molecule has 102 valence electrons. The van der Waals surface area contributed by atoms with Crippen molar-refractivity contribution in [3.63, 3.8) is 0 Å². The molecule has 1 heterocycles. The van der Waals surface area contributed by atoms with Gasteiger partial charge in [0.2, 0.25) is 0 Å². The third kappa shape index (κ3) is 1.20. The summed E-state index contributed by atoms with van der Waals surface area (Å²) in [5, 5.41) is 0. The second-order valence-electron chi connectivity index (χ2n) is 6.72. The van der Waals surface area contributed by atoms with Crippen molar-refractivity contribution in [3.05, 3.63) is 11.6 Å². The molecule has 1 aliphatic heterocycles. The Kier molecular flexibility index (Phi) is 2.28. The van der Waals surface area contributed by atoms with E-state index in [9.17, 15) is 9.59 Å². The molecule has 4 rings (SSSR count). The van der Waals surface area contributed by atoms with Crippen molar-refractivity contribution in [2.45, 2.75) is 57.8 Å². The Morgan fingerprint density at radius 2 is 1.89 bits per heavy atom. The Bertz CT molecular complexity index is 492. The quantitative estimate of drug-likeness (QED) is 0.382. The third-order valence-electron chi connectivity index (χ3n) is 6.18. The van der Waals surface area contributed by atoms with Gasteiger partial charge in [0, 0.05) is 0 Å². The molecule has 3 nitrogen and oxygen atoms in total. The van der Waals surface area contributed by atoms with E-state index in [1.807, 2.05) is 0 Å². The summed E-state index contributed by atoms with van der Waals surface area (Å²) in [5.41, 5.74) is 0.441. The van der Waals surface area contributed by atoms with Crippen LogP contribution in [0, 0.1) is 16.7 Å². The maximum Gasteiger partial charge on any atom is 0.321 e. The molecule has 0 aromatic carbocycles.